The highest BCUT2D eigenvalue weighted by Crippen LogP contribution is 2.28. The molecule has 142 valence electrons. The van der Waals surface area contributed by atoms with E-state index in [1.54, 1.807) is 4.57 Å². The molecule has 0 aliphatic carbocycles. The van der Waals surface area contributed by atoms with Crippen molar-refractivity contribution in [2.75, 3.05) is 18.0 Å². The highest BCUT2D eigenvalue weighted by molar-refractivity contribution is 7.22. The number of fused-ring (bicyclic) bond motifs is 1. The smallest absolute Gasteiger partial charge is 0.333 e. The van der Waals surface area contributed by atoms with Gasteiger partial charge in [-0.3, -0.25) is 13.9 Å². The van der Waals surface area contributed by atoms with E-state index in [1.165, 1.54) is 22.3 Å². The zero-order chi connectivity index (χ0) is 18.8. The van der Waals surface area contributed by atoms with Gasteiger partial charge in [-0.15, -0.1) is 0 Å². The number of piperidine rings is 1. The summed E-state index contributed by atoms with van der Waals surface area (Å²) in [5.74, 6) is 0. The number of thiazole rings is 1. The molecular formula is C20H24N4O2S. The fraction of sp³-hybridized carbons (Fsp3) is 0.450. The molecule has 1 fully saturated rings. The van der Waals surface area contributed by atoms with Crippen molar-refractivity contribution >= 4 is 26.8 Å². The van der Waals surface area contributed by atoms with Crippen LogP contribution in [0.25, 0.3) is 10.3 Å². The summed E-state index contributed by atoms with van der Waals surface area (Å²) in [6.07, 6.45) is 4.27. The summed E-state index contributed by atoms with van der Waals surface area (Å²) in [7, 11) is 0. The number of aromatic nitrogens is 3. The number of rotatable bonds is 5. The van der Waals surface area contributed by atoms with Gasteiger partial charge in [-0.05, 0) is 31.2 Å². The van der Waals surface area contributed by atoms with E-state index in [2.05, 4.69) is 4.90 Å². The maximum absolute atomic E-state index is 13.1. The van der Waals surface area contributed by atoms with Crippen molar-refractivity contribution in [3.8, 4) is 0 Å². The third-order valence-electron chi connectivity index (χ3n) is 5.01. The first-order valence-corrected chi connectivity index (χ1v) is 10.4. The summed E-state index contributed by atoms with van der Waals surface area (Å²) in [6.45, 7) is 4.75. The Hall–Kier alpha value is -2.41. The van der Waals surface area contributed by atoms with Crippen LogP contribution in [0.1, 0.15) is 38.2 Å². The first-order valence-electron chi connectivity index (χ1n) is 9.62. The molecule has 1 saturated heterocycles. The number of hydrogen-bond acceptors (Lipinski definition) is 5. The van der Waals surface area contributed by atoms with Crippen LogP contribution in [0.2, 0.25) is 0 Å². The normalized spacial score (nSPS) is 14.8. The second-order valence-electron chi connectivity index (χ2n) is 7.01. The minimum absolute atomic E-state index is 0.207. The van der Waals surface area contributed by atoms with E-state index in [4.69, 9.17) is 4.98 Å². The topological polar surface area (TPSA) is 60.1 Å². The Morgan fingerprint density at radius 3 is 2.48 bits per heavy atom. The van der Waals surface area contributed by atoms with Crippen molar-refractivity contribution in [3.05, 3.63) is 56.7 Å². The second kappa shape index (κ2) is 7.68. The molecule has 0 amide bonds. The molecule has 3 aromatic rings. The molecule has 4 rings (SSSR count). The Balaban J connectivity index is 1.89. The van der Waals surface area contributed by atoms with Gasteiger partial charge in [-0.25, -0.2) is 9.78 Å². The summed E-state index contributed by atoms with van der Waals surface area (Å²) < 4.78 is 3.61. The maximum Gasteiger partial charge on any atom is 0.333 e. The van der Waals surface area contributed by atoms with Crippen LogP contribution in [0, 0.1) is 0 Å². The Kier molecular flexibility index (Phi) is 5.11. The van der Waals surface area contributed by atoms with Crippen LogP contribution in [-0.4, -0.2) is 27.2 Å². The molecule has 6 nitrogen and oxygen atoms in total. The molecule has 1 aliphatic heterocycles. The standard InChI is InChI=1S/C20H24N4O2S/c1-2-11-23-18(25)16-17(21-19(27-16)22-12-7-4-8-13-22)24(20(23)26)14-15-9-5-3-6-10-15/h3,5-6,9-10H,2,4,7-8,11-14H2,1H3. The predicted octanol–water partition coefficient (Wildman–Crippen LogP) is 3.07. The zero-order valence-corrected chi connectivity index (χ0v) is 16.4. The first kappa shape index (κ1) is 18.0. The molecule has 1 aliphatic rings. The number of benzene rings is 1. The Morgan fingerprint density at radius 2 is 1.78 bits per heavy atom. The van der Waals surface area contributed by atoms with Crippen molar-refractivity contribution in [2.24, 2.45) is 0 Å². The van der Waals surface area contributed by atoms with Gasteiger partial charge in [0, 0.05) is 19.6 Å². The zero-order valence-electron chi connectivity index (χ0n) is 15.6. The lowest BCUT2D eigenvalue weighted by Crippen LogP contribution is -2.40. The molecule has 0 N–H and O–H groups in total. The third-order valence-corrected chi connectivity index (χ3v) is 6.11. The van der Waals surface area contributed by atoms with Crippen LogP contribution in [0.4, 0.5) is 5.13 Å². The highest BCUT2D eigenvalue weighted by Gasteiger charge is 2.21. The maximum atomic E-state index is 13.1. The summed E-state index contributed by atoms with van der Waals surface area (Å²) in [5.41, 5.74) is 1.07. The van der Waals surface area contributed by atoms with Crippen LogP contribution >= 0.6 is 11.3 Å². The van der Waals surface area contributed by atoms with E-state index in [0.717, 1.165) is 43.0 Å². The van der Waals surface area contributed by atoms with Gasteiger partial charge in [0.25, 0.3) is 5.56 Å². The summed E-state index contributed by atoms with van der Waals surface area (Å²) in [6, 6.07) is 9.85. The van der Waals surface area contributed by atoms with Crippen LogP contribution in [-0.2, 0) is 13.1 Å². The van der Waals surface area contributed by atoms with Crippen LogP contribution < -0.4 is 16.1 Å². The molecule has 3 heterocycles. The summed E-state index contributed by atoms with van der Waals surface area (Å²) >= 11 is 1.43. The average Bonchev–Trinajstić information content (AvgIpc) is 3.16. The second-order valence-corrected chi connectivity index (χ2v) is 7.99. The van der Waals surface area contributed by atoms with Gasteiger partial charge >= 0.3 is 5.69 Å². The number of anilines is 1. The lowest BCUT2D eigenvalue weighted by Gasteiger charge is -2.25. The average molecular weight is 385 g/mol. The molecule has 0 bridgehead atoms. The molecule has 27 heavy (non-hydrogen) atoms. The largest absolute Gasteiger partial charge is 0.348 e. The molecule has 0 spiro atoms. The van der Waals surface area contributed by atoms with E-state index in [-0.39, 0.29) is 11.2 Å². The van der Waals surface area contributed by atoms with Crippen LogP contribution in [0.5, 0.6) is 0 Å². The van der Waals surface area contributed by atoms with Gasteiger partial charge in [0.15, 0.2) is 10.8 Å². The van der Waals surface area contributed by atoms with Crippen molar-refractivity contribution in [3.63, 3.8) is 0 Å². The van der Waals surface area contributed by atoms with E-state index in [1.807, 2.05) is 37.3 Å². The van der Waals surface area contributed by atoms with E-state index >= 15 is 0 Å². The third kappa shape index (κ3) is 3.43. The van der Waals surface area contributed by atoms with Crippen LogP contribution in [0.3, 0.4) is 0 Å². The van der Waals surface area contributed by atoms with Crippen molar-refractivity contribution < 1.29 is 0 Å². The van der Waals surface area contributed by atoms with Crippen molar-refractivity contribution in [1.29, 1.82) is 0 Å². The van der Waals surface area contributed by atoms with E-state index in [0.29, 0.717) is 23.4 Å². The van der Waals surface area contributed by atoms with Crippen molar-refractivity contribution in [2.45, 2.75) is 45.7 Å². The Morgan fingerprint density at radius 1 is 1.04 bits per heavy atom. The Labute approximate surface area is 161 Å². The molecule has 0 atom stereocenters. The van der Waals surface area contributed by atoms with Gasteiger partial charge in [0.1, 0.15) is 4.70 Å². The SMILES string of the molecule is CCCn1c(=O)c2sc(N3CCCCC3)nc2n(Cc2ccccc2)c1=O. The highest BCUT2D eigenvalue weighted by atomic mass is 32.1. The predicted molar refractivity (Wildman–Crippen MR) is 110 cm³/mol. The first-order chi connectivity index (χ1) is 13.2. The fourth-order valence-electron chi connectivity index (χ4n) is 3.62. The van der Waals surface area contributed by atoms with Crippen LogP contribution in [0.15, 0.2) is 39.9 Å². The van der Waals surface area contributed by atoms with Gasteiger partial charge < -0.3 is 4.90 Å². The molecular weight excluding hydrogens is 360 g/mol. The van der Waals surface area contributed by atoms with Gasteiger partial charge in [0.2, 0.25) is 0 Å². The van der Waals surface area contributed by atoms with Crippen molar-refractivity contribution in [1.82, 2.24) is 14.1 Å². The quantitative estimate of drug-likeness (QED) is 0.678. The molecule has 2 aromatic heterocycles. The number of hydrogen-bond donors (Lipinski definition) is 0. The molecule has 0 saturated carbocycles. The summed E-state index contributed by atoms with van der Waals surface area (Å²) in [5, 5.41) is 0.859. The molecule has 0 radical (unpaired) electrons. The minimum Gasteiger partial charge on any atom is -0.348 e. The Bertz CT molecular complexity index is 1050. The van der Waals surface area contributed by atoms with Gasteiger partial charge in [-0.1, -0.05) is 48.6 Å². The monoisotopic (exact) mass is 384 g/mol. The molecule has 1 aromatic carbocycles. The molecule has 7 heteroatoms. The van der Waals surface area contributed by atoms with Gasteiger partial charge in [-0.2, -0.15) is 0 Å². The van der Waals surface area contributed by atoms with Gasteiger partial charge in [0.05, 0.1) is 6.54 Å². The molecule has 0 unspecified atom stereocenters. The number of nitrogens with zero attached hydrogens (tertiary/aromatic N) is 4. The van der Waals surface area contributed by atoms with E-state index < -0.39 is 0 Å². The lowest BCUT2D eigenvalue weighted by atomic mass is 10.1. The minimum atomic E-state index is -0.270. The summed E-state index contributed by atoms with van der Waals surface area (Å²) in [4.78, 5) is 33.0. The van der Waals surface area contributed by atoms with E-state index in [9.17, 15) is 9.59 Å². The fourth-order valence-corrected chi connectivity index (χ4v) is 4.69. The lowest BCUT2D eigenvalue weighted by molar-refractivity contribution is 0.574.